The number of rotatable bonds is 14. The third kappa shape index (κ3) is 8.97. The quantitative estimate of drug-likeness (QED) is 0.156. The Labute approximate surface area is 331 Å². The first-order chi connectivity index (χ1) is 28.0. The molecule has 4 saturated heterocycles. The van der Waals surface area contributed by atoms with Crippen LogP contribution in [0, 0.1) is 0 Å². The van der Waals surface area contributed by atoms with Gasteiger partial charge in [-0.2, -0.15) is 0 Å². The molecule has 4 aliphatic rings. The maximum absolute atomic E-state index is 13.6. The van der Waals surface area contributed by atoms with Gasteiger partial charge in [0.05, 0.1) is 33.0 Å². The second kappa shape index (κ2) is 18.4. The van der Waals surface area contributed by atoms with E-state index in [4.69, 9.17) is 47.4 Å². The molecule has 0 radical (unpaired) electrons. The molecule has 4 fully saturated rings. The molecule has 0 N–H and O–H groups in total. The molecule has 4 aromatic rings. The molecule has 4 heterocycles. The van der Waals surface area contributed by atoms with E-state index in [9.17, 15) is 9.59 Å². The van der Waals surface area contributed by atoms with Crippen LogP contribution in [-0.4, -0.2) is 98.6 Å². The normalized spacial score (nSPS) is 30.9. The molecule has 0 aliphatic carbocycles. The van der Waals surface area contributed by atoms with Crippen molar-refractivity contribution in [1.29, 1.82) is 0 Å². The van der Waals surface area contributed by atoms with Crippen molar-refractivity contribution in [3.05, 3.63) is 144 Å². The summed E-state index contributed by atoms with van der Waals surface area (Å²) in [6.07, 6.45) is -9.49. The Bertz CT molecular complexity index is 1880. The first-order valence-corrected chi connectivity index (χ1v) is 19.2. The number of imide groups is 1. The van der Waals surface area contributed by atoms with Crippen LogP contribution < -0.4 is 0 Å². The summed E-state index contributed by atoms with van der Waals surface area (Å²) in [5.74, 6) is -0.534. The number of hydrogen-bond donors (Lipinski definition) is 0. The minimum Gasteiger partial charge on any atom is -0.440 e. The van der Waals surface area contributed by atoms with E-state index in [0.29, 0.717) is 6.61 Å². The monoisotopic (exact) mass is 781 g/mol. The fourth-order valence-electron chi connectivity index (χ4n) is 7.78. The average molecular weight is 782 g/mol. The number of benzene rings is 4. The number of amides is 2. The Hall–Kier alpha value is -4.54. The Kier molecular flexibility index (Phi) is 12.7. The highest BCUT2D eigenvalue weighted by molar-refractivity contribution is 5.92. The summed E-state index contributed by atoms with van der Waals surface area (Å²) in [5.41, 5.74) is 3.61. The minimum absolute atomic E-state index is 0.0595. The lowest BCUT2D eigenvalue weighted by atomic mass is 9.94. The number of hydrogen-bond acceptors (Lipinski definition) is 12. The summed E-state index contributed by atoms with van der Waals surface area (Å²) in [6.45, 7) is 2.23. The second-order valence-electron chi connectivity index (χ2n) is 14.4. The summed E-state index contributed by atoms with van der Waals surface area (Å²) < 4.78 is 64.3. The molecule has 4 aliphatic heterocycles. The Balaban J connectivity index is 1.13. The van der Waals surface area contributed by atoms with E-state index in [-0.39, 0.29) is 26.4 Å². The summed E-state index contributed by atoms with van der Waals surface area (Å²) in [5, 5.41) is 0. The zero-order valence-corrected chi connectivity index (χ0v) is 31.8. The van der Waals surface area contributed by atoms with Crippen molar-refractivity contribution in [3.63, 3.8) is 0 Å². The lowest BCUT2D eigenvalue weighted by Gasteiger charge is -2.51. The molecule has 57 heavy (non-hydrogen) atoms. The molecule has 13 heteroatoms. The van der Waals surface area contributed by atoms with Gasteiger partial charge in [0.1, 0.15) is 42.7 Å². The molecule has 13 nitrogen and oxygen atoms in total. The van der Waals surface area contributed by atoms with E-state index < -0.39 is 79.6 Å². The van der Waals surface area contributed by atoms with Crippen LogP contribution >= 0.6 is 0 Å². The molecular formula is C44H47NO12. The number of carbonyl (C=O) groups excluding carboxylic acids is 2. The van der Waals surface area contributed by atoms with E-state index in [0.717, 1.165) is 27.2 Å². The largest absolute Gasteiger partial charge is 0.440 e. The number of carbonyl (C=O) groups is 2. The van der Waals surface area contributed by atoms with Crippen LogP contribution in [0.5, 0.6) is 0 Å². The van der Waals surface area contributed by atoms with Gasteiger partial charge in [0.25, 0.3) is 0 Å². The highest BCUT2D eigenvalue weighted by Crippen LogP contribution is 2.41. The van der Waals surface area contributed by atoms with Crippen LogP contribution in [-0.2, 0) is 72.0 Å². The summed E-state index contributed by atoms with van der Waals surface area (Å²) >= 11 is 0. The third-order valence-corrected chi connectivity index (χ3v) is 10.5. The number of ether oxygens (including phenoxy) is 10. The first-order valence-electron chi connectivity index (χ1n) is 19.2. The predicted octanol–water partition coefficient (Wildman–Crippen LogP) is 5.71. The van der Waals surface area contributed by atoms with Gasteiger partial charge in [0.2, 0.25) is 5.91 Å². The molecule has 0 aromatic heterocycles. The highest BCUT2D eigenvalue weighted by atomic mass is 16.8. The topological polar surface area (TPSA) is 130 Å². The van der Waals surface area contributed by atoms with E-state index in [2.05, 4.69) is 0 Å². The van der Waals surface area contributed by atoms with Crippen molar-refractivity contribution >= 4 is 12.0 Å². The molecule has 11 atom stereocenters. The van der Waals surface area contributed by atoms with Gasteiger partial charge in [-0.1, -0.05) is 121 Å². The summed E-state index contributed by atoms with van der Waals surface area (Å²) in [7, 11) is 1.53. The van der Waals surface area contributed by atoms with Gasteiger partial charge in [0.15, 0.2) is 25.0 Å². The molecule has 0 saturated carbocycles. The van der Waals surface area contributed by atoms with Crippen LogP contribution in [0.3, 0.4) is 0 Å². The maximum atomic E-state index is 13.6. The van der Waals surface area contributed by atoms with Gasteiger partial charge in [-0.05, 0) is 16.7 Å². The molecule has 0 spiro atoms. The molecule has 0 bridgehead atoms. The molecule has 300 valence electrons. The SMILES string of the molecule is CO[C@H]1O[C@@H]2CO[C@@H](c3ccccc3)O[C@H]2[C@H](O[C@@H]2O[C@H](COCc3ccccc3)[C@@H](OCc3ccccc3)[C@@H]3OC(=O)N(C(C)=O)[C@@H]23)[C@H]1OCc1ccccc1. The second-order valence-corrected chi connectivity index (χ2v) is 14.4. The predicted molar refractivity (Wildman–Crippen MR) is 202 cm³/mol. The molecule has 8 rings (SSSR count). The molecule has 0 unspecified atom stereocenters. The zero-order valence-electron chi connectivity index (χ0n) is 31.8. The Morgan fingerprint density at radius 3 is 1.86 bits per heavy atom. The fourth-order valence-corrected chi connectivity index (χ4v) is 7.78. The number of fused-ring (bicyclic) bond motifs is 2. The molecule has 2 amide bonds. The van der Waals surface area contributed by atoms with Gasteiger partial charge in [-0.25, -0.2) is 9.69 Å². The van der Waals surface area contributed by atoms with Crippen molar-refractivity contribution in [2.24, 2.45) is 0 Å². The van der Waals surface area contributed by atoms with Gasteiger partial charge in [0, 0.05) is 19.6 Å². The van der Waals surface area contributed by atoms with Gasteiger partial charge < -0.3 is 47.4 Å². The van der Waals surface area contributed by atoms with E-state index in [1.54, 1.807) is 0 Å². The van der Waals surface area contributed by atoms with Crippen LogP contribution in [0.1, 0.15) is 35.5 Å². The van der Waals surface area contributed by atoms with Gasteiger partial charge >= 0.3 is 6.09 Å². The minimum atomic E-state index is -1.24. The van der Waals surface area contributed by atoms with E-state index in [1.807, 2.05) is 121 Å². The lowest BCUT2D eigenvalue weighted by molar-refractivity contribution is -0.390. The number of methoxy groups -OCH3 is 1. The standard InChI is InChI=1S/C44H47NO12/c1-28(46)45-35-38(57-44(45)47)36(50-24-30-17-9-4-10-18-30)33(26-49-23-29-15-7-3-8-16-29)53-42(35)56-39-37-34(27-52-41(55-37)32-21-13-6-14-22-32)54-43(48-2)40(39)51-25-31-19-11-5-12-20-31/h3-22,33-43H,23-27H2,1-2H3/t33-,34-,35-,36-,37-,38-,39+,40-,41-,42+,43+/m1/s1. The van der Waals surface area contributed by atoms with Crippen LogP contribution in [0.25, 0.3) is 0 Å². The van der Waals surface area contributed by atoms with Crippen LogP contribution in [0.4, 0.5) is 4.79 Å². The lowest BCUT2D eigenvalue weighted by Crippen LogP contribution is -2.67. The maximum Gasteiger partial charge on any atom is 0.417 e. The van der Waals surface area contributed by atoms with Crippen molar-refractivity contribution in [3.8, 4) is 0 Å². The summed E-state index contributed by atoms with van der Waals surface area (Å²) in [6, 6.07) is 37.6. The highest BCUT2D eigenvalue weighted by Gasteiger charge is 2.61. The van der Waals surface area contributed by atoms with Crippen molar-refractivity contribution < 1.29 is 57.0 Å². The molecule has 4 aromatic carbocycles. The third-order valence-electron chi connectivity index (χ3n) is 10.5. The number of nitrogens with zero attached hydrogens (tertiary/aromatic N) is 1. The first kappa shape index (κ1) is 39.3. The summed E-state index contributed by atoms with van der Waals surface area (Å²) in [4.78, 5) is 27.9. The Morgan fingerprint density at radius 2 is 1.26 bits per heavy atom. The Morgan fingerprint density at radius 1 is 0.684 bits per heavy atom. The van der Waals surface area contributed by atoms with Crippen LogP contribution in [0.15, 0.2) is 121 Å². The smallest absolute Gasteiger partial charge is 0.417 e. The fraction of sp³-hybridized carbons (Fsp3) is 0.409. The van der Waals surface area contributed by atoms with Crippen molar-refractivity contribution in [2.75, 3.05) is 20.3 Å². The van der Waals surface area contributed by atoms with Crippen molar-refractivity contribution in [1.82, 2.24) is 4.90 Å². The van der Waals surface area contributed by atoms with Crippen molar-refractivity contribution in [2.45, 2.75) is 94.4 Å². The zero-order chi connectivity index (χ0) is 39.1. The molecular weight excluding hydrogens is 734 g/mol. The van der Waals surface area contributed by atoms with E-state index in [1.165, 1.54) is 14.0 Å². The van der Waals surface area contributed by atoms with Gasteiger partial charge in [-0.3, -0.25) is 4.79 Å². The van der Waals surface area contributed by atoms with Crippen LogP contribution in [0.2, 0.25) is 0 Å². The van der Waals surface area contributed by atoms with E-state index >= 15 is 0 Å². The average Bonchev–Trinajstić information content (AvgIpc) is 3.61. The van der Waals surface area contributed by atoms with Gasteiger partial charge in [-0.15, -0.1) is 0 Å².